The average Bonchev–Trinajstić information content (AvgIpc) is 3.15. The van der Waals surface area contributed by atoms with Gasteiger partial charge in [0, 0.05) is 44.9 Å². The van der Waals surface area contributed by atoms with Gasteiger partial charge in [-0.2, -0.15) is 5.10 Å². The SMILES string of the molecule is CN=C(NCC1CCCc2ccccc21)N1CCOC(c2cnn(C)c2)C1.I. The number of aliphatic imine (C=N–C) groups is 1. The van der Waals surface area contributed by atoms with Crippen molar-refractivity contribution >= 4 is 29.9 Å². The second kappa shape index (κ2) is 9.73. The van der Waals surface area contributed by atoms with Crippen LogP contribution in [0.25, 0.3) is 0 Å². The van der Waals surface area contributed by atoms with E-state index in [2.05, 4.69) is 44.6 Å². The summed E-state index contributed by atoms with van der Waals surface area (Å²) in [6, 6.07) is 8.87. The van der Waals surface area contributed by atoms with Gasteiger partial charge in [0.15, 0.2) is 5.96 Å². The highest BCUT2D eigenvalue weighted by Gasteiger charge is 2.26. The molecular weight excluding hydrogens is 465 g/mol. The number of ether oxygens (including phenoxy) is 1. The lowest BCUT2D eigenvalue weighted by atomic mass is 9.83. The van der Waals surface area contributed by atoms with Gasteiger partial charge >= 0.3 is 0 Å². The molecule has 1 N–H and O–H groups in total. The monoisotopic (exact) mass is 495 g/mol. The van der Waals surface area contributed by atoms with Gasteiger partial charge in [-0.15, -0.1) is 24.0 Å². The predicted molar refractivity (Wildman–Crippen MR) is 122 cm³/mol. The fourth-order valence-electron chi connectivity index (χ4n) is 4.26. The van der Waals surface area contributed by atoms with E-state index in [9.17, 15) is 0 Å². The van der Waals surface area contributed by atoms with Crippen molar-refractivity contribution in [3.05, 3.63) is 53.3 Å². The summed E-state index contributed by atoms with van der Waals surface area (Å²) in [6.07, 6.45) is 7.68. The fourth-order valence-corrected chi connectivity index (χ4v) is 4.26. The summed E-state index contributed by atoms with van der Waals surface area (Å²) < 4.78 is 7.79. The van der Waals surface area contributed by atoms with Crippen molar-refractivity contribution in [2.45, 2.75) is 31.3 Å². The van der Waals surface area contributed by atoms with Gasteiger partial charge in [-0.3, -0.25) is 9.67 Å². The molecule has 1 aliphatic heterocycles. The molecule has 7 heteroatoms. The molecule has 1 fully saturated rings. The fraction of sp³-hybridized carbons (Fsp3) is 0.524. The zero-order valence-electron chi connectivity index (χ0n) is 16.7. The van der Waals surface area contributed by atoms with E-state index in [-0.39, 0.29) is 30.1 Å². The van der Waals surface area contributed by atoms with Gasteiger partial charge < -0.3 is 15.0 Å². The van der Waals surface area contributed by atoms with Gasteiger partial charge in [-0.05, 0) is 30.4 Å². The molecule has 0 bridgehead atoms. The van der Waals surface area contributed by atoms with Crippen molar-refractivity contribution in [3.8, 4) is 0 Å². The molecule has 0 amide bonds. The molecule has 152 valence electrons. The number of guanidine groups is 1. The highest BCUT2D eigenvalue weighted by molar-refractivity contribution is 14.0. The summed E-state index contributed by atoms with van der Waals surface area (Å²) in [4.78, 5) is 6.84. The third kappa shape index (κ3) is 4.68. The number of rotatable bonds is 3. The lowest BCUT2D eigenvalue weighted by Gasteiger charge is -2.35. The minimum Gasteiger partial charge on any atom is -0.370 e. The van der Waals surface area contributed by atoms with Crippen LogP contribution in [0.15, 0.2) is 41.7 Å². The van der Waals surface area contributed by atoms with Crippen LogP contribution in [0.5, 0.6) is 0 Å². The van der Waals surface area contributed by atoms with E-state index < -0.39 is 0 Å². The van der Waals surface area contributed by atoms with E-state index >= 15 is 0 Å². The number of benzene rings is 1. The second-order valence-corrected chi connectivity index (χ2v) is 7.47. The maximum atomic E-state index is 5.97. The molecule has 4 rings (SSSR count). The van der Waals surface area contributed by atoms with Gasteiger partial charge in [-0.25, -0.2) is 0 Å². The van der Waals surface area contributed by atoms with E-state index in [4.69, 9.17) is 4.74 Å². The normalized spacial score (nSPS) is 22.4. The summed E-state index contributed by atoms with van der Waals surface area (Å²) in [5.74, 6) is 1.53. The number of halogens is 1. The van der Waals surface area contributed by atoms with Crippen LogP contribution in [0.4, 0.5) is 0 Å². The third-order valence-electron chi connectivity index (χ3n) is 5.67. The zero-order chi connectivity index (χ0) is 18.6. The molecule has 2 aliphatic rings. The first-order valence-corrected chi connectivity index (χ1v) is 9.88. The molecule has 2 unspecified atom stereocenters. The number of nitrogens with zero attached hydrogens (tertiary/aromatic N) is 4. The average molecular weight is 495 g/mol. The molecule has 6 nitrogen and oxygen atoms in total. The van der Waals surface area contributed by atoms with Crippen LogP contribution < -0.4 is 5.32 Å². The van der Waals surface area contributed by atoms with E-state index in [1.165, 1.54) is 30.4 Å². The summed E-state index contributed by atoms with van der Waals surface area (Å²) >= 11 is 0. The van der Waals surface area contributed by atoms with E-state index in [0.717, 1.165) is 31.2 Å². The standard InChI is InChI=1S/C21H29N5O.HI/c1-22-21(23-12-17-8-5-7-16-6-3-4-9-19(16)17)26-10-11-27-20(15-26)18-13-24-25(2)14-18;/h3-4,6,9,13-14,17,20H,5,7-8,10-12,15H2,1-2H3,(H,22,23);1H. The van der Waals surface area contributed by atoms with Crippen LogP contribution >= 0.6 is 24.0 Å². The van der Waals surface area contributed by atoms with E-state index in [1.54, 1.807) is 0 Å². The van der Waals surface area contributed by atoms with Gasteiger partial charge in [0.2, 0.25) is 0 Å². The highest BCUT2D eigenvalue weighted by Crippen LogP contribution is 2.31. The lowest BCUT2D eigenvalue weighted by molar-refractivity contribution is -0.00804. The molecule has 1 aromatic heterocycles. The van der Waals surface area contributed by atoms with Crippen molar-refractivity contribution in [3.63, 3.8) is 0 Å². The van der Waals surface area contributed by atoms with E-state index in [1.807, 2.05) is 31.2 Å². The molecule has 1 aliphatic carbocycles. The minimum absolute atomic E-state index is 0. The van der Waals surface area contributed by atoms with Crippen molar-refractivity contribution in [2.24, 2.45) is 12.0 Å². The zero-order valence-corrected chi connectivity index (χ0v) is 19.0. The van der Waals surface area contributed by atoms with Crippen LogP contribution in [0.3, 0.4) is 0 Å². The van der Waals surface area contributed by atoms with Crippen LogP contribution in [0.1, 0.15) is 41.6 Å². The van der Waals surface area contributed by atoms with Gasteiger partial charge in [0.1, 0.15) is 6.10 Å². The molecule has 1 aromatic carbocycles. The van der Waals surface area contributed by atoms with Crippen LogP contribution in [-0.2, 0) is 18.2 Å². The molecule has 2 aromatic rings. The van der Waals surface area contributed by atoms with Gasteiger partial charge in [0.05, 0.1) is 19.3 Å². The maximum absolute atomic E-state index is 5.97. The first-order chi connectivity index (χ1) is 13.2. The summed E-state index contributed by atoms with van der Waals surface area (Å²) in [5.41, 5.74) is 4.13. The number of hydrogen-bond donors (Lipinski definition) is 1. The Hall–Kier alpha value is -1.61. The first kappa shape index (κ1) is 21.1. The van der Waals surface area contributed by atoms with Crippen molar-refractivity contribution in [1.82, 2.24) is 20.0 Å². The Bertz CT molecular complexity index is 806. The lowest BCUT2D eigenvalue weighted by Crippen LogP contribution is -2.49. The van der Waals surface area contributed by atoms with Crippen LogP contribution in [-0.4, -0.2) is 53.9 Å². The molecule has 0 radical (unpaired) electrons. The topological polar surface area (TPSA) is 54.7 Å². The molecule has 28 heavy (non-hydrogen) atoms. The van der Waals surface area contributed by atoms with Gasteiger partial charge in [-0.1, -0.05) is 24.3 Å². The van der Waals surface area contributed by atoms with Crippen LogP contribution in [0, 0.1) is 0 Å². The Kier molecular flexibility index (Phi) is 7.34. The van der Waals surface area contributed by atoms with Crippen LogP contribution in [0.2, 0.25) is 0 Å². The van der Waals surface area contributed by atoms with E-state index in [0.29, 0.717) is 12.5 Å². The minimum atomic E-state index is 0. The Balaban J connectivity index is 0.00000225. The number of aromatic nitrogens is 2. The molecule has 0 spiro atoms. The summed E-state index contributed by atoms with van der Waals surface area (Å²) in [7, 11) is 3.80. The quantitative estimate of drug-likeness (QED) is 0.404. The van der Waals surface area contributed by atoms with Crippen molar-refractivity contribution < 1.29 is 4.74 Å². The second-order valence-electron chi connectivity index (χ2n) is 7.47. The number of nitrogens with one attached hydrogen (secondary N) is 1. The highest BCUT2D eigenvalue weighted by atomic mass is 127. The summed E-state index contributed by atoms with van der Waals surface area (Å²) in [5, 5.41) is 7.90. The number of aryl methyl sites for hydroxylation is 2. The smallest absolute Gasteiger partial charge is 0.193 e. The third-order valence-corrected chi connectivity index (χ3v) is 5.67. The Labute approximate surface area is 184 Å². The Morgan fingerprint density at radius 3 is 3.00 bits per heavy atom. The Morgan fingerprint density at radius 2 is 2.21 bits per heavy atom. The van der Waals surface area contributed by atoms with Crippen molar-refractivity contribution in [2.75, 3.05) is 33.3 Å². The molecular formula is C21H30IN5O. The first-order valence-electron chi connectivity index (χ1n) is 9.88. The number of morpholine rings is 1. The number of hydrogen-bond acceptors (Lipinski definition) is 3. The Morgan fingerprint density at radius 1 is 1.36 bits per heavy atom. The van der Waals surface area contributed by atoms with Gasteiger partial charge in [0.25, 0.3) is 0 Å². The van der Waals surface area contributed by atoms with Crippen molar-refractivity contribution in [1.29, 1.82) is 0 Å². The summed E-state index contributed by atoms with van der Waals surface area (Å²) in [6.45, 7) is 3.29. The molecule has 1 saturated heterocycles. The largest absolute Gasteiger partial charge is 0.370 e. The molecule has 2 atom stereocenters. The maximum Gasteiger partial charge on any atom is 0.193 e. The molecule has 2 heterocycles. The number of fused-ring (bicyclic) bond motifs is 1. The molecule has 0 saturated carbocycles. The predicted octanol–water partition coefficient (Wildman–Crippen LogP) is 3.11.